The molecule has 32 heavy (non-hydrogen) atoms. The molecule has 0 saturated heterocycles. The molecule has 2 radical (unpaired) electrons. The molecule has 4 nitrogen and oxygen atoms in total. The third-order valence-corrected chi connectivity index (χ3v) is 10.9. The molecule has 4 saturated carbocycles. The molecule has 180 valence electrons. The van der Waals surface area contributed by atoms with Crippen LogP contribution < -0.4 is 0 Å². The Balaban J connectivity index is 0.00000181. The molecule has 6 heteroatoms. The molecule has 4 aliphatic rings. The largest absolute Gasteiger partial charge is 0.393 e. The minimum absolute atomic E-state index is 0. The fourth-order valence-electron chi connectivity index (χ4n) is 9.03. The first-order valence-corrected chi connectivity index (χ1v) is 12.7. The van der Waals surface area contributed by atoms with Gasteiger partial charge in [-0.15, -0.1) is 0 Å². The molecule has 1 unspecified atom stereocenters. The predicted octanol–water partition coefficient (Wildman–Crippen LogP) is 4.39. The zero-order valence-corrected chi connectivity index (χ0v) is 26.7. The van der Waals surface area contributed by atoms with E-state index in [0.29, 0.717) is 41.6 Å². The summed E-state index contributed by atoms with van der Waals surface area (Å²) >= 11 is 0. The maximum atomic E-state index is 11.6. The van der Waals surface area contributed by atoms with Crippen molar-refractivity contribution in [3.05, 3.63) is 0 Å². The molecule has 4 fully saturated rings. The summed E-state index contributed by atoms with van der Waals surface area (Å²) in [4.78, 5) is 0. The first kappa shape index (κ1) is 30.3. The Kier molecular flexibility index (Phi) is 11.0. The number of ether oxygens (including phenoxy) is 1. The van der Waals surface area contributed by atoms with Crippen molar-refractivity contribution in [2.75, 3.05) is 7.11 Å². The van der Waals surface area contributed by atoms with Gasteiger partial charge in [-0.1, -0.05) is 20.8 Å². The summed E-state index contributed by atoms with van der Waals surface area (Å²) in [7, 11) is 1.82. The van der Waals surface area contributed by atoms with E-state index in [-0.39, 0.29) is 94.6 Å². The summed E-state index contributed by atoms with van der Waals surface area (Å²) in [6, 6.07) is 0. The predicted molar refractivity (Wildman–Crippen MR) is 119 cm³/mol. The van der Waals surface area contributed by atoms with Gasteiger partial charge in [-0.25, -0.2) is 0 Å². The number of aliphatic hydroxyl groups excluding tert-OH is 3. The zero-order valence-electron chi connectivity index (χ0n) is 21.0. The van der Waals surface area contributed by atoms with Crippen LogP contribution in [0.15, 0.2) is 0 Å². The Morgan fingerprint density at radius 1 is 0.938 bits per heavy atom. The number of fused-ring (bicyclic) bond motifs is 5. The quantitative estimate of drug-likeness (QED) is 0.438. The van der Waals surface area contributed by atoms with Gasteiger partial charge in [0.1, 0.15) is 0 Å². The van der Waals surface area contributed by atoms with Crippen molar-refractivity contribution in [1.29, 1.82) is 0 Å². The van der Waals surface area contributed by atoms with E-state index < -0.39 is 0 Å². The van der Waals surface area contributed by atoms with E-state index in [4.69, 9.17) is 4.74 Å². The molecule has 0 heterocycles. The second kappa shape index (κ2) is 11.6. The molecule has 4 rings (SSSR count). The van der Waals surface area contributed by atoms with E-state index in [1.807, 2.05) is 14.0 Å². The van der Waals surface area contributed by atoms with Crippen molar-refractivity contribution in [3.8, 4) is 0 Å². The van der Waals surface area contributed by atoms with Crippen molar-refractivity contribution in [1.82, 2.24) is 0 Å². The minimum Gasteiger partial charge on any atom is -0.393 e. The maximum Gasteiger partial charge on any atom is 0.0602 e. The Labute approximate surface area is 246 Å². The number of aliphatic hydroxyl groups is 3. The molecular weight excluding hydrogens is 554 g/mol. The summed E-state index contributed by atoms with van der Waals surface area (Å²) in [5, 5.41) is 32.8. The molecule has 12 atom stereocenters. The van der Waals surface area contributed by atoms with Crippen LogP contribution in [0.1, 0.15) is 85.5 Å². The van der Waals surface area contributed by atoms with Gasteiger partial charge in [0.15, 0.2) is 0 Å². The number of methoxy groups -OCH3 is 1. The monoisotopic (exact) mass is 600 g/mol. The van der Waals surface area contributed by atoms with Gasteiger partial charge in [0.25, 0.3) is 0 Å². The van der Waals surface area contributed by atoms with Gasteiger partial charge in [-0.3, -0.25) is 0 Å². The summed E-state index contributed by atoms with van der Waals surface area (Å²) in [6.45, 7) is 8.98. The van der Waals surface area contributed by atoms with E-state index in [0.717, 1.165) is 57.8 Å². The van der Waals surface area contributed by atoms with E-state index in [2.05, 4.69) is 20.8 Å². The van der Waals surface area contributed by atoms with Crippen LogP contribution in [-0.2, 0) is 70.2 Å². The first-order valence-electron chi connectivity index (χ1n) is 12.7. The Morgan fingerprint density at radius 2 is 1.62 bits per heavy atom. The fraction of sp³-hybridized carbons (Fsp3) is 1.00. The van der Waals surface area contributed by atoms with Crippen LogP contribution in [-0.4, -0.2) is 46.8 Å². The summed E-state index contributed by atoms with van der Waals surface area (Å²) in [5.74, 6) is 2.65. The summed E-state index contributed by atoms with van der Waals surface area (Å²) < 4.78 is 5.69. The van der Waals surface area contributed by atoms with Crippen molar-refractivity contribution < 1.29 is 85.5 Å². The van der Waals surface area contributed by atoms with E-state index >= 15 is 0 Å². The molecule has 0 amide bonds. The van der Waals surface area contributed by atoms with E-state index in [1.54, 1.807) is 0 Å². The average molecular weight is 600 g/mol. The first-order chi connectivity index (χ1) is 14.1. The van der Waals surface area contributed by atoms with Gasteiger partial charge >= 0.3 is 0 Å². The van der Waals surface area contributed by atoms with Gasteiger partial charge in [0, 0.05) is 72.5 Å². The Morgan fingerprint density at radius 3 is 2.25 bits per heavy atom. The molecular formula is C26H46O4Y2. The van der Waals surface area contributed by atoms with Crippen LogP contribution in [0.4, 0.5) is 0 Å². The number of rotatable bonds is 5. The molecule has 0 aromatic carbocycles. The third kappa shape index (κ3) is 5.07. The van der Waals surface area contributed by atoms with Crippen LogP contribution in [0.2, 0.25) is 0 Å². The smallest absolute Gasteiger partial charge is 0.0602 e. The van der Waals surface area contributed by atoms with Gasteiger partial charge in [-0.05, 0) is 111 Å². The van der Waals surface area contributed by atoms with Gasteiger partial charge in [0.2, 0.25) is 0 Å². The Bertz CT molecular complexity index is 619. The Hall–Kier alpha value is 2.05. The molecule has 0 aliphatic heterocycles. The molecule has 0 aromatic heterocycles. The molecule has 4 aliphatic carbocycles. The van der Waals surface area contributed by atoms with Crippen molar-refractivity contribution in [3.63, 3.8) is 0 Å². The zero-order chi connectivity index (χ0) is 21.8. The standard InChI is InChI=1S/C26H46O4.2Y/c1-15(6-7-16(2)27)19-8-9-20-24-21(14-23(29)26(19,20)4)25(3)11-10-18(30-5)12-17(25)13-22(24)28;;/h15-24,27-29H,6-14H2,1-5H3;;/t15?,16-,17-,18-,19+,20-,21-,22-,23-,24-,25-,26+;;/m0../s1. The molecule has 0 aromatic rings. The molecule has 3 N–H and O–H groups in total. The van der Waals surface area contributed by atoms with Gasteiger partial charge in [0.05, 0.1) is 24.4 Å². The summed E-state index contributed by atoms with van der Waals surface area (Å²) in [6.07, 6.45) is 8.78. The van der Waals surface area contributed by atoms with Crippen molar-refractivity contribution >= 4 is 0 Å². The number of hydrogen-bond acceptors (Lipinski definition) is 4. The van der Waals surface area contributed by atoms with Crippen LogP contribution in [0, 0.1) is 46.3 Å². The summed E-state index contributed by atoms with van der Waals surface area (Å²) in [5.41, 5.74) is 0.116. The van der Waals surface area contributed by atoms with Crippen LogP contribution >= 0.6 is 0 Å². The van der Waals surface area contributed by atoms with E-state index in [9.17, 15) is 15.3 Å². The number of hydrogen-bond donors (Lipinski definition) is 3. The van der Waals surface area contributed by atoms with Crippen LogP contribution in [0.25, 0.3) is 0 Å². The topological polar surface area (TPSA) is 69.9 Å². The van der Waals surface area contributed by atoms with E-state index in [1.165, 1.54) is 0 Å². The van der Waals surface area contributed by atoms with Crippen LogP contribution in [0.3, 0.4) is 0 Å². The second-order valence-corrected chi connectivity index (χ2v) is 12.1. The maximum absolute atomic E-state index is 11.6. The SMILES string of the molecule is CO[C@H]1CC[C@@]2(C)[C@@H](C1)C[C@H](O)[C@@H]1[C@@H]2C[C@H](O)[C@]2(C)[C@@H](C(C)CC[C@H](C)O)CC[C@@H]12.[Y].[Y]. The molecule has 0 spiro atoms. The average Bonchev–Trinajstić information content (AvgIpc) is 3.05. The van der Waals surface area contributed by atoms with Gasteiger partial charge < -0.3 is 20.1 Å². The van der Waals surface area contributed by atoms with Crippen molar-refractivity contribution in [2.24, 2.45) is 46.3 Å². The van der Waals surface area contributed by atoms with Gasteiger partial charge in [-0.2, -0.15) is 0 Å². The fourth-order valence-corrected chi connectivity index (χ4v) is 9.03. The van der Waals surface area contributed by atoms with Crippen molar-refractivity contribution in [2.45, 2.75) is 110 Å². The molecule has 0 bridgehead atoms. The third-order valence-electron chi connectivity index (χ3n) is 10.9. The normalized spacial score (nSPS) is 49.5. The minimum atomic E-state index is -0.284. The second-order valence-electron chi connectivity index (χ2n) is 12.1. The van der Waals surface area contributed by atoms with Crippen LogP contribution in [0.5, 0.6) is 0 Å².